The number of aliphatic hydroxyl groups excluding tert-OH is 3. The Morgan fingerprint density at radius 3 is 2.28 bits per heavy atom. The quantitative estimate of drug-likeness (QED) is 0.217. The standard InChI is InChI=1S/C34H43N5O8/c1-37(2)11-10-36-33(46)17-9-7-8-16(12-17)19-15-22(38(3)4)20-13-18-14-21-26(39(5)6)29(42)25(32(35)45)31(44)34(21,47)30(43)23(18)28(41)24(20)27(19)40/h7-9,12,15,18,20-22,26,40,42-43,47H,10-11,13-14H2,1-6H3,(H2,35,45)(H,36,46)/t18-,20?,21-,22?,26-,34-/m0/s1. The topological polar surface area (TPSA) is 197 Å². The van der Waals surface area contributed by atoms with Gasteiger partial charge in [0.25, 0.3) is 11.8 Å². The first-order chi connectivity index (χ1) is 22.0. The molecule has 2 unspecified atom stereocenters. The maximum Gasteiger partial charge on any atom is 0.255 e. The average Bonchev–Trinajstić information content (AvgIpc) is 2.98. The molecule has 1 aromatic rings. The first kappa shape index (κ1) is 34.0. The highest BCUT2D eigenvalue weighted by atomic mass is 16.3. The lowest BCUT2D eigenvalue weighted by molar-refractivity contribution is -0.149. The van der Waals surface area contributed by atoms with E-state index in [1.807, 2.05) is 44.1 Å². The zero-order chi connectivity index (χ0) is 34.7. The Bertz CT molecular complexity index is 1670. The molecule has 13 nitrogen and oxygen atoms in total. The molecule has 1 aromatic carbocycles. The number of nitrogens with two attached hydrogens (primary N) is 1. The molecule has 4 aliphatic carbocycles. The number of carbonyl (C=O) groups excluding carboxylic acids is 4. The molecule has 4 aliphatic rings. The Kier molecular flexibility index (Phi) is 8.97. The predicted octanol–water partition coefficient (Wildman–Crippen LogP) is 0.696. The van der Waals surface area contributed by atoms with Gasteiger partial charge in [-0.1, -0.05) is 18.2 Å². The second-order valence-corrected chi connectivity index (χ2v) is 13.5. The monoisotopic (exact) mass is 649 g/mol. The van der Waals surface area contributed by atoms with Crippen LogP contribution in [0.4, 0.5) is 0 Å². The second-order valence-electron chi connectivity index (χ2n) is 13.5. The van der Waals surface area contributed by atoms with Gasteiger partial charge in [0.1, 0.15) is 22.9 Å². The maximum absolute atomic E-state index is 14.4. The number of hydrogen-bond acceptors (Lipinski definition) is 11. The molecule has 0 saturated heterocycles. The van der Waals surface area contributed by atoms with E-state index in [-0.39, 0.29) is 41.7 Å². The molecule has 0 aliphatic heterocycles. The molecule has 0 bridgehead atoms. The minimum absolute atomic E-state index is 0.0165. The summed E-state index contributed by atoms with van der Waals surface area (Å²) in [6, 6.07) is 5.26. The van der Waals surface area contributed by atoms with Crippen LogP contribution in [0.1, 0.15) is 28.8 Å². The average molecular weight is 650 g/mol. The lowest BCUT2D eigenvalue weighted by atomic mass is 9.56. The minimum atomic E-state index is -2.71. The van der Waals surface area contributed by atoms with E-state index in [1.165, 1.54) is 4.90 Å². The number of amides is 2. The second kappa shape index (κ2) is 12.4. The van der Waals surface area contributed by atoms with E-state index in [4.69, 9.17) is 5.73 Å². The van der Waals surface area contributed by atoms with Crippen molar-refractivity contribution >= 4 is 29.0 Å². The van der Waals surface area contributed by atoms with Gasteiger partial charge in [0, 0.05) is 53.2 Å². The third kappa shape index (κ3) is 5.46. The lowest BCUT2D eigenvalue weighted by Crippen LogP contribution is -2.64. The van der Waals surface area contributed by atoms with Crippen LogP contribution in [0.15, 0.2) is 64.3 Å². The Morgan fingerprint density at radius 2 is 1.68 bits per heavy atom. The van der Waals surface area contributed by atoms with Crippen molar-refractivity contribution in [1.29, 1.82) is 0 Å². The van der Waals surface area contributed by atoms with Gasteiger partial charge in [-0.3, -0.25) is 24.1 Å². The number of hydrogen-bond donors (Lipinski definition) is 6. The highest BCUT2D eigenvalue weighted by Gasteiger charge is 2.64. The highest BCUT2D eigenvalue weighted by molar-refractivity contribution is 6.24. The summed E-state index contributed by atoms with van der Waals surface area (Å²) in [5.74, 6) is -7.66. The summed E-state index contributed by atoms with van der Waals surface area (Å²) < 4.78 is 0. The Labute approximate surface area is 273 Å². The fraction of sp³-hybridized carbons (Fsp3) is 0.471. The smallest absolute Gasteiger partial charge is 0.255 e. The molecule has 0 radical (unpaired) electrons. The van der Waals surface area contributed by atoms with Crippen molar-refractivity contribution in [3.63, 3.8) is 0 Å². The number of ketones is 2. The first-order valence-corrected chi connectivity index (χ1v) is 15.5. The zero-order valence-corrected chi connectivity index (χ0v) is 27.4. The SMILES string of the molecule is CN(C)CCNC(=O)c1cccc(C2=CC(N(C)C)C3C[C@H]4C[C@H]5[C@H](N(C)C)C(O)=C(C(N)=O)C(=O)[C@@]5(O)C(O)=C4C(=O)C3=C2O)c1. The highest BCUT2D eigenvalue weighted by Crippen LogP contribution is 2.55. The number of aliphatic hydroxyl groups is 4. The number of fused-ring (bicyclic) bond motifs is 3. The normalized spacial score (nSPS) is 29.2. The molecule has 2 amide bonds. The largest absolute Gasteiger partial charge is 0.510 e. The van der Waals surface area contributed by atoms with Crippen LogP contribution in [0.25, 0.3) is 5.57 Å². The lowest BCUT2D eigenvalue weighted by Gasteiger charge is -2.51. The van der Waals surface area contributed by atoms with Crippen LogP contribution in [0, 0.1) is 17.8 Å². The van der Waals surface area contributed by atoms with Crippen LogP contribution in [0.3, 0.4) is 0 Å². The van der Waals surface area contributed by atoms with Crippen molar-refractivity contribution in [3.8, 4) is 0 Å². The number of carbonyl (C=O) groups is 4. The number of primary amides is 1. The Morgan fingerprint density at radius 1 is 1.00 bits per heavy atom. The molecule has 0 heterocycles. The predicted molar refractivity (Wildman–Crippen MR) is 173 cm³/mol. The molecule has 1 fully saturated rings. The fourth-order valence-corrected chi connectivity index (χ4v) is 7.70. The Hall–Kier alpha value is -4.30. The van der Waals surface area contributed by atoms with Gasteiger partial charge in [0.05, 0.1) is 6.04 Å². The van der Waals surface area contributed by atoms with Crippen molar-refractivity contribution in [2.75, 3.05) is 55.4 Å². The van der Waals surface area contributed by atoms with Crippen LogP contribution in [-0.4, -0.2) is 132 Å². The van der Waals surface area contributed by atoms with E-state index in [9.17, 15) is 39.6 Å². The summed E-state index contributed by atoms with van der Waals surface area (Å²) in [6.45, 7) is 1.09. The number of rotatable bonds is 8. The molecule has 0 spiro atoms. The van der Waals surface area contributed by atoms with Gasteiger partial charge in [-0.15, -0.1) is 0 Å². The van der Waals surface area contributed by atoms with Gasteiger partial charge in [0.15, 0.2) is 11.4 Å². The summed E-state index contributed by atoms with van der Waals surface area (Å²) in [5, 5.41) is 49.2. The fourth-order valence-electron chi connectivity index (χ4n) is 7.70. The molecule has 6 atom stereocenters. The van der Waals surface area contributed by atoms with Crippen LogP contribution in [-0.2, 0) is 14.4 Å². The minimum Gasteiger partial charge on any atom is -0.510 e. The van der Waals surface area contributed by atoms with Gasteiger partial charge < -0.3 is 41.3 Å². The van der Waals surface area contributed by atoms with Crippen LogP contribution in [0.2, 0.25) is 0 Å². The van der Waals surface area contributed by atoms with Gasteiger partial charge in [-0.2, -0.15) is 0 Å². The van der Waals surface area contributed by atoms with E-state index in [2.05, 4.69) is 5.32 Å². The van der Waals surface area contributed by atoms with Crippen molar-refractivity contribution in [2.45, 2.75) is 30.5 Å². The summed E-state index contributed by atoms with van der Waals surface area (Å²) in [6.07, 6.45) is 2.16. The molecule has 0 aromatic heterocycles. The van der Waals surface area contributed by atoms with Crippen molar-refractivity contribution in [1.82, 2.24) is 20.0 Å². The number of Topliss-reactive ketones (excluding diaryl/α,β-unsaturated/α-hetero) is 2. The summed E-state index contributed by atoms with van der Waals surface area (Å²) in [4.78, 5) is 58.5. The van der Waals surface area contributed by atoms with Gasteiger partial charge >= 0.3 is 0 Å². The summed E-state index contributed by atoms with van der Waals surface area (Å²) in [7, 11) is 10.7. The van der Waals surface area contributed by atoms with Crippen LogP contribution in [0.5, 0.6) is 0 Å². The number of allylic oxidation sites excluding steroid dienone is 2. The maximum atomic E-state index is 14.4. The number of benzene rings is 1. The van der Waals surface area contributed by atoms with E-state index in [1.54, 1.807) is 38.4 Å². The zero-order valence-electron chi connectivity index (χ0n) is 27.4. The number of likely N-dealkylation sites (N-methyl/N-ethyl adjacent to an activating group) is 3. The summed E-state index contributed by atoms with van der Waals surface area (Å²) >= 11 is 0. The third-order valence-electron chi connectivity index (χ3n) is 9.93. The Balaban J connectivity index is 1.61. The molecule has 47 heavy (non-hydrogen) atoms. The molecule has 13 heteroatoms. The molecule has 1 saturated carbocycles. The molecular formula is C34H43N5O8. The molecular weight excluding hydrogens is 606 g/mol. The van der Waals surface area contributed by atoms with Crippen molar-refractivity contribution in [2.24, 2.45) is 23.5 Å². The number of nitrogens with one attached hydrogen (secondary N) is 1. The summed E-state index contributed by atoms with van der Waals surface area (Å²) in [5.41, 5.74) is 2.87. The van der Waals surface area contributed by atoms with Crippen molar-refractivity contribution < 1.29 is 39.6 Å². The third-order valence-corrected chi connectivity index (χ3v) is 9.93. The van der Waals surface area contributed by atoms with E-state index < -0.39 is 64.0 Å². The van der Waals surface area contributed by atoms with E-state index >= 15 is 0 Å². The van der Waals surface area contributed by atoms with E-state index in [0.29, 0.717) is 29.8 Å². The number of nitrogens with zero attached hydrogens (tertiary/aromatic N) is 3. The van der Waals surface area contributed by atoms with Gasteiger partial charge in [-0.25, -0.2) is 0 Å². The molecule has 5 rings (SSSR count). The first-order valence-electron chi connectivity index (χ1n) is 15.5. The van der Waals surface area contributed by atoms with Crippen LogP contribution < -0.4 is 11.1 Å². The molecule has 252 valence electrons. The van der Waals surface area contributed by atoms with Crippen LogP contribution >= 0.6 is 0 Å². The van der Waals surface area contributed by atoms with Gasteiger partial charge in [-0.05, 0) is 78.7 Å². The van der Waals surface area contributed by atoms with Crippen molar-refractivity contribution in [3.05, 3.63) is 75.5 Å². The van der Waals surface area contributed by atoms with Gasteiger partial charge in [0.2, 0.25) is 5.78 Å². The molecule has 7 N–H and O–H groups in total. The van der Waals surface area contributed by atoms with E-state index in [0.717, 1.165) is 0 Å².